The summed E-state index contributed by atoms with van der Waals surface area (Å²) in [4.78, 5) is 28.3. The fraction of sp³-hybridized carbons (Fsp3) is 0.500. The van der Waals surface area contributed by atoms with Crippen molar-refractivity contribution in [2.75, 3.05) is 27.3 Å². The van der Waals surface area contributed by atoms with Crippen LogP contribution in [-0.4, -0.2) is 67.3 Å². The average molecular weight is 642 g/mol. The van der Waals surface area contributed by atoms with E-state index in [4.69, 9.17) is 9.47 Å². The molecule has 6 atom stereocenters. The minimum atomic E-state index is -1.16. The number of ether oxygens (including phenoxy) is 2. The lowest BCUT2D eigenvalue weighted by Crippen LogP contribution is -2.55. The number of unbranched alkanes of at least 4 members (excludes halogenated alkanes) is 1. The number of hydrogen-bond donors (Lipinski definition) is 3. The van der Waals surface area contributed by atoms with E-state index < -0.39 is 35.7 Å². The summed E-state index contributed by atoms with van der Waals surface area (Å²) in [6, 6.07) is 6.88. The lowest BCUT2D eigenvalue weighted by molar-refractivity contribution is -0.142. The van der Waals surface area contributed by atoms with E-state index in [0.717, 1.165) is 30.0 Å². The minimum Gasteiger partial charge on any atom is -0.497 e. The number of nitrogens with zero attached hydrogens (tertiary/aromatic N) is 1. The highest BCUT2D eigenvalue weighted by molar-refractivity contribution is 5.88. The second-order valence-electron chi connectivity index (χ2n) is 12.0. The van der Waals surface area contributed by atoms with Crippen molar-refractivity contribution >= 4 is 11.8 Å². The van der Waals surface area contributed by atoms with Crippen LogP contribution in [0.2, 0.25) is 0 Å². The first-order chi connectivity index (χ1) is 22.0. The van der Waals surface area contributed by atoms with E-state index >= 15 is 0 Å². The number of methoxy groups -OCH3 is 1. The molecule has 0 aliphatic heterocycles. The first-order valence-corrected chi connectivity index (χ1v) is 16.0. The van der Waals surface area contributed by atoms with Crippen molar-refractivity contribution in [1.29, 1.82) is 0 Å². The zero-order valence-electron chi connectivity index (χ0n) is 27.4. The normalized spacial score (nSPS) is 18.2. The number of aliphatic hydroxyl groups is 1. The Morgan fingerprint density at radius 2 is 1.85 bits per heavy atom. The molecule has 1 aliphatic carbocycles. The van der Waals surface area contributed by atoms with Gasteiger partial charge in [-0.05, 0) is 66.6 Å². The van der Waals surface area contributed by atoms with Gasteiger partial charge in [0, 0.05) is 31.6 Å². The number of carbonyl (C=O) groups excluding carboxylic acids is 2. The van der Waals surface area contributed by atoms with Gasteiger partial charge in [0.1, 0.15) is 23.4 Å². The summed E-state index contributed by atoms with van der Waals surface area (Å²) in [5, 5.41) is 17.8. The van der Waals surface area contributed by atoms with E-state index in [2.05, 4.69) is 30.7 Å². The predicted molar refractivity (Wildman–Crippen MR) is 175 cm³/mol. The zero-order valence-corrected chi connectivity index (χ0v) is 27.4. The molecule has 0 bridgehead atoms. The summed E-state index contributed by atoms with van der Waals surface area (Å²) in [6.45, 7) is 11.8. The number of nitrogens with one attached hydrogen (secondary N) is 2. The number of amides is 2. The van der Waals surface area contributed by atoms with Gasteiger partial charge in [0.2, 0.25) is 11.8 Å². The molecule has 10 heteroatoms. The summed E-state index contributed by atoms with van der Waals surface area (Å²) in [5.74, 6) is -1.75. The molecule has 2 amide bonds. The van der Waals surface area contributed by atoms with Gasteiger partial charge in [0.05, 0.1) is 32.0 Å². The molecule has 0 saturated carbocycles. The Hall–Kier alpha value is -3.60. The molecule has 8 nitrogen and oxygen atoms in total. The SMILES string of the molecule is C=CCO[C@@H]1C[C@@H](NC[C@@H](O)[C@H](Cc2cc(F)cc(F)c2)NC(=O)C(CC=C)N(C)C(=O)C(C)CCCC)c2cc(OC)ccc21. The topological polar surface area (TPSA) is 100 Å². The van der Waals surface area contributed by atoms with Gasteiger partial charge in [0.25, 0.3) is 0 Å². The van der Waals surface area contributed by atoms with Crippen LogP contribution in [-0.2, 0) is 20.7 Å². The first-order valence-electron chi connectivity index (χ1n) is 16.0. The maximum atomic E-state index is 14.1. The Morgan fingerprint density at radius 1 is 1.13 bits per heavy atom. The summed E-state index contributed by atoms with van der Waals surface area (Å²) >= 11 is 0. The largest absolute Gasteiger partial charge is 0.497 e. The lowest BCUT2D eigenvalue weighted by atomic mass is 9.98. The van der Waals surface area contributed by atoms with Crippen LogP contribution < -0.4 is 15.4 Å². The van der Waals surface area contributed by atoms with E-state index in [1.165, 1.54) is 17.0 Å². The maximum absolute atomic E-state index is 14.1. The maximum Gasteiger partial charge on any atom is 0.243 e. The number of carbonyl (C=O) groups is 2. The van der Waals surface area contributed by atoms with Crippen molar-refractivity contribution in [1.82, 2.24) is 15.5 Å². The fourth-order valence-electron chi connectivity index (χ4n) is 5.96. The smallest absolute Gasteiger partial charge is 0.243 e. The highest BCUT2D eigenvalue weighted by Gasteiger charge is 2.34. The Bertz CT molecular complexity index is 1320. The van der Waals surface area contributed by atoms with Crippen LogP contribution in [0, 0.1) is 17.6 Å². The number of benzene rings is 2. The molecule has 3 rings (SSSR count). The number of likely N-dealkylation sites (N-methyl/N-ethyl adjacent to an activating group) is 1. The van der Waals surface area contributed by atoms with Gasteiger partial charge < -0.3 is 30.1 Å². The van der Waals surface area contributed by atoms with Gasteiger partial charge in [0.15, 0.2) is 0 Å². The molecule has 0 aromatic heterocycles. The van der Waals surface area contributed by atoms with E-state index in [1.807, 2.05) is 25.1 Å². The quantitative estimate of drug-likeness (QED) is 0.174. The van der Waals surface area contributed by atoms with Crippen LogP contribution in [0.1, 0.15) is 74.8 Å². The van der Waals surface area contributed by atoms with Crippen LogP contribution in [0.15, 0.2) is 61.7 Å². The molecule has 46 heavy (non-hydrogen) atoms. The molecule has 1 aliphatic rings. The summed E-state index contributed by atoms with van der Waals surface area (Å²) in [6.07, 6.45) is 5.20. The molecule has 0 radical (unpaired) electrons. The van der Waals surface area contributed by atoms with Crippen LogP contribution in [0.25, 0.3) is 0 Å². The van der Waals surface area contributed by atoms with Crippen molar-refractivity contribution in [2.45, 2.75) is 82.7 Å². The monoisotopic (exact) mass is 641 g/mol. The minimum absolute atomic E-state index is 0.0468. The molecule has 0 saturated heterocycles. The van der Waals surface area contributed by atoms with Crippen molar-refractivity contribution in [3.05, 3.63) is 90.0 Å². The Labute approximate surface area is 271 Å². The molecule has 0 spiro atoms. The standard InChI is InChI=1S/C36H49F2N3O5/c1-7-10-12-23(4)36(44)41(5)32(11-8-2)35(43)40-31(18-24-16-25(37)19-26(38)17-24)33(42)22-39-30-21-34(46-15-9-3)28-14-13-27(45-6)20-29(28)30/h8-9,13-14,16-17,19-20,23,30-34,39,42H,2-3,7,10-12,15,18,21-22H2,1,4-6H3,(H,40,43)/t23?,30-,31+,32?,33-,34-/m1/s1. The Kier molecular flexibility index (Phi) is 14.4. The third-order valence-electron chi connectivity index (χ3n) is 8.54. The number of hydrogen-bond acceptors (Lipinski definition) is 6. The summed E-state index contributed by atoms with van der Waals surface area (Å²) in [7, 11) is 3.18. The molecular formula is C36H49F2N3O5. The molecule has 252 valence electrons. The van der Waals surface area contributed by atoms with Gasteiger partial charge in [-0.2, -0.15) is 0 Å². The summed E-state index contributed by atoms with van der Waals surface area (Å²) in [5.41, 5.74) is 2.24. The molecule has 2 aromatic rings. The summed E-state index contributed by atoms with van der Waals surface area (Å²) < 4.78 is 39.7. The van der Waals surface area contributed by atoms with Gasteiger partial charge in [-0.3, -0.25) is 9.59 Å². The third kappa shape index (κ3) is 9.95. The van der Waals surface area contributed by atoms with E-state index in [9.17, 15) is 23.5 Å². The molecular weight excluding hydrogens is 592 g/mol. The lowest BCUT2D eigenvalue weighted by Gasteiger charge is -2.32. The fourth-order valence-corrected chi connectivity index (χ4v) is 5.96. The predicted octanol–water partition coefficient (Wildman–Crippen LogP) is 5.57. The molecule has 2 unspecified atom stereocenters. The molecule has 0 heterocycles. The Morgan fingerprint density at radius 3 is 2.48 bits per heavy atom. The average Bonchev–Trinajstić information content (AvgIpc) is 3.38. The molecule has 2 aromatic carbocycles. The van der Waals surface area contributed by atoms with Gasteiger partial charge in [-0.25, -0.2) is 8.78 Å². The van der Waals surface area contributed by atoms with E-state index in [0.29, 0.717) is 25.2 Å². The van der Waals surface area contributed by atoms with Crippen LogP contribution >= 0.6 is 0 Å². The number of aliphatic hydroxyl groups excluding tert-OH is 1. The number of rotatable bonds is 19. The van der Waals surface area contributed by atoms with Crippen molar-refractivity contribution in [2.24, 2.45) is 5.92 Å². The molecule has 3 N–H and O–H groups in total. The second-order valence-corrected chi connectivity index (χ2v) is 12.0. The first kappa shape index (κ1) is 36.9. The Balaban J connectivity index is 1.82. The second kappa shape index (κ2) is 17.9. The number of halogens is 2. The van der Waals surface area contributed by atoms with E-state index in [-0.39, 0.29) is 48.9 Å². The highest BCUT2D eigenvalue weighted by atomic mass is 19.1. The molecule has 0 fully saturated rings. The van der Waals surface area contributed by atoms with Crippen LogP contribution in [0.5, 0.6) is 5.75 Å². The third-order valence-corrected chi connectivity index (χ3v) is 8.54. The van der Waals surface area contributed by atoms with Crippen molar-refractivity contribution in [3.63, 3.8) is 0 Å². The van der Waals surface area contributed by atoms with Gasteiger partial charge in [-0.1, -0.05) is 44.9 Å². The van der Waals surface area contributed by atoms with Crippen molar-refractivity contribution in [3.8, 4) is 5.75 Å². The van der Waals surface area contributed by atoms with Gasteiger partial charge >= 0.3 is 0 Å². The van der Waals surface area contributed by atoms with Crippen molar-refractivity contribution < 1.29 is 33.0 Å². The number of fused-ring (bicyclic) bond motifs is 1. The van der Waals surface area contributed by atoms with Crippen LogP contribution in [0.3, 0.4) is 0 Å². The van der Waals surface area contributed by atoms with E-state index in [1.54, 1.807) is 26.3 Å². The van der Waals surface area contributed by atoms with Crippen LogP contribution in [0.4, 0.5) is 8.78 Å². The van der Waals surface area contributed by atoms with Gasteiger partial charge in [-0.15, -0.1) is 13.2 Å². The highest BCUT2D eigenvalue weighted by Crippen LogP contribution is 2.42. The zero-order chi connectivity index (χ0) is 33.8.